The van der Waals surface area contributed by atoms with Crippen molar-refractivity contribution in [1.82, 2.24) is 4.98 Å². The third kappa shape index (κ3) is 4.19. The zero-order chi connectivity index (χ0) is 14.3. The molecule has 1 heterocycles. The molecule has 104 valence electrons. The summed E-state index contributed by atoms with van der Waals surface area (Å²) in [7, 11) is 3.32. The minimum atomic E-state index is 0.587. The second-order valence-corrected chi connectivity index (χ2v) is 4.36. The van der Waals surface area contributed by atoms with Crippen LogP contribution in [0.15, 0.2) is 6.07 Å². The van der Waals surface area contributed by atoms with E-state index in [-0.39, 0.29) is 0 Å². The molecule has 0 radical (unpaired) electrons. The van der Waals surface area contributed by atoms with Crippen molar-refractivity contribution in [3.8, 4) is 6.07 Å². The van der Waals surface area contributed by atoms with Crippen LogP contribution in [-0.2, 0) is 9.47 Å². The van der Waals surface area contributed by atoms with Gasteiger partial charge in [-0.3, -0.25) is 0 Å². The summed E-state index contributed by atoms with van der Waals surface area (Å²) in [6, 6.07) is 4.16. The van der Waals surface area contributed by atoms with Crippen LogP contribution in [0, 0.1) is 25.2 Å². The third-order valence-corrected chi connectivity index (χ3v) is 2.87. The van der Waals surface area contributed by atoms with Gasteiger partial charge in [0.25, 0.3) is 0 Å². The van der Waals surface area contributed by atoms with E-state index in [1.165, 1.54) is 0 Å². The van der Waals surface area contributed by atoms with Crippen LogP contribution >= 0.6 is 0 Å². The van der Waals surface area contributed by atoms with Gasteiger partial charge in [0.2, 0.25) is 0 Å². The molecule has 1 aromatic heterocycles. The SMILES string of the molecule is COCCN(CCOC)c1nc(C)cc(C)c1C#N. The molecule has 19 heavy (non-hydrogen) atoms. The van der Waals surface area contributed by atoms with Crippen molar-refractivity contribution in [3.05, 3.63) is 22.9 Å². The number of nitriles is 1. The Labute approximate surface area is 114 Å². The first-order valence-electron chi connectivity index (χ1n) is 6.25. The van der Waals surface area contributed by atoms with Gasteiger partial charge in [-0.2, -0.15) is 5.26 Å². The molecule has 0 aliphatic carbocycles. The van der Waals surface area contributed by atoms with Gasteiger partial charge in [0.15, 0.2) is 0 Å². The molecule has 5 nitrogen and oxygen atoms in total. The van der Waals surface area contributed by atoms with Crippen LogP contribution in [0.1, 0.15) is 16.8 Å². The number of rotatable bonds is 7. The van der Waals surface area contributed by atoms with Crippen LogP contribution in [0.5, 0.6) is 0 Å². The van der Waals surface area contributed by atoms with Crippen molar-refractivity contribution in [1.29, 1.82) is 5.26 Å². The Kier molecular flexibility index (Phi) is 6.26. The van der Waals surface area contributed by atoms with Gasteiger partial charge in [0.05, 0.1) is 18.8 Å². The minimum Gasteiger partial charge on any atom is -0.383 e. The first-order valence-corrected chi connectivity index (χ1v) is 6.25. The molecule has 0 saturated carbocycles. The molecule has 0 aromatic carbocycles. The molecule has 1 rings (SSSR count). The molecule has 1 aromatic rings. The Balaban J connectivity index is 3.09. The van der Waals surface area contributed by atoms with E-state index in [1.807, 2.05) is 24.8 Å². The van der Waals surface area contributed by atoms with E-state index in [2.05, 4.69) is 11.1 Å². The summed E-state index contributed by atoms with van der Waals surface area (Å²) in [4.78, 5) is 6.54. The molecule has 0 spiro atoms. The summed E-state index contributed by atoms with van der Waals surface area (Å²) in [5.41, 5.74) is 2.48. The van der Waals surface area contributed by atoms with Gasteiger partial charge in [-0.1, -0.05) is 0 Å². The van der Waals surface area contributed by atoms with Gasteiger partial charge in [0, 0.05) is 33.0 Å². The van der Waals surface area contributed by atoms with Crippen molar-refractivity contribution < 1.29 is 9.47 Å². The molecule has 0 unspecified atom stereocenters. The van der Waals surface area contributed by atoms with Gasteiger partial charge in [-0.05, 0) is 25.5 Å². The molecule has 0 amide bonds. The van der Waals surface area contributed by atoms with Crippen LogP contribution in [0.3, 0.4) is 0 Å². The first kappa shape index (κ1) is 15.4. The Bertz CT molecular complexity index is 447. The minimum absolute atomic E-state index is 0.587. The standard InChI is InChI=1S/C14H21N3O2/c1-11-9-12(2)16-14(13(11)10-15)17(5-7-18-3)6-8-19-4/h9H,5-8H2,1-4H3. The lowest BCUT2D eigenvalue weighted by molar-refractivity contribution is 0.190. The lowest BCUT2D eigenvalue weighted by Gasteiger charge is -2.25. The predicted molar refractivity (Wildman–Crippen MR) is 74.4 cm³/mol. The highest BCUT2D eigenvalue weighted by molar-refractivity contribution is 5.58. The number of nitrogens with zero attached hydrogens (tertiary/aromatic N) is 3. The molecular weight excluding hydrogens is 242 g/mol. The number of anilines is 1. The topological polar surface area (TPSA) is 58.4 Å². The van der Waals surface area contributed by atoms with E-state index in [9.17, 15) is 5.26 Å². The largest absolute Gasteiger partial charge is 0.383 e. The molecule has 0 saturated heterocycles. The number of aromatic nitrogens is 1. The normalized spacial score (nSPS) is 10.3. The van der Waals surface area contributed by atoms with Gasteiger partial charge >= 0.3 is 0 Å². The second-order valence-electron chi connectivity index (χ2n) is 4.36. The van der Waals surface area contributed by atoms with Gasteiger partial charge in [-0.25, -0.2) is 4.98 Å². The lowest BCUT2D eigenvalue weighted by Crippen LogP contribution is -2.32. The molecule has 0 N–H and O–H groups in total. The molecular formula is C14H21N3O2. The van der Waals surface area contributed by atoms with Crippen LogP contribution in [0.25, 0.3) is 0 Å². The summed E-state index contributed by atoms with van der Waals surface area (Å²) in [5.74, 6) is 0.717. The molecule has 0 atom stereocenters. The number of hydrogen-bond acceptors (Lipinski definition) is 5. The number of methoxy groups -OCH3 is 2. The van der Waals surface area contributed by atoms with E-state index in [0.717, 1.165) is 11.3 Å². The fourth-order valence-corrected chi connectivity index (χ4v) is 1.91. The molecule has 0 aliphatic rings. The Morgan fingerprint density at radius 1 is 1.21 bits per heavy atom. The Morgan fingerprint density at radius 2 is 1.79 bits per heavy atom. The monoisotopic (exact) mass is 263 g/mol. The summed E-state index contributed by atoms with van der Waals surface area (Å²) in [6.45, 7) is 6.41. The van der Waals surface area contributed by atoms with Crippen molar-refractivity contribution in [2.24, 2.45) is 0 Å². The number of pyridine rings is 1. The lowest BCUT2D eigenvalue weighted by atomic mass is 10.1. The molecule has 0 fully saturated rings. The highest BCUT2D eigenvalue weighted by Crippen LogP contribution is 2.21. The van der Waals surface area contributed by atoms with E-state index >= 15 is 0 Å². The maximum absolute atomic E-state index is 9.31. The van der Waals surface area contributed by atoms with Crippen LogP contribution in [0.4, 0.5) is 5.82 Å². The van der Waals surface area contributed by atoms with Crippen LogP contribution in [0.2, 0.25) is 0 Å². The molecule has 0 bridgehead atoms. The van der Waals surface area contributed by atoms with E-state index in [0.29, 0.717) is 37.7 Å². The van der Waals surface area contributed by atoms with E-state index < -0.39 is 0 Å². The zero-order valence-corrected chi connectivity index (χ0v) is 12.1. The van der Waals surface area contributed by atoms with Crippen molar-refractivity contribution in [3.63, 3.8) is 0 Å². The van der Waals surface area contributed by atoms with Crippen LogP contribution in [-0.4, -0.2) is 45.5 Å². The zero-order valence-electron chi connectivity index (χ0n) is 12.1. The summed E-state index contributed by atoms with van der Waals surface area (Å²) < 4.78 is 10.2. The predicted octanol–water partition coefficient (Wildman–Crippen LogP) is 1.67. The average molecular weight is 263 g/mol. The Hall–Kier alpha value is -1.64. The van der Waals surface area contributed by atoms with Crippen molar-refractivity contribution in [2.45, 2.75) is 13.8 Å². The number of aryl methyl sites for hydroxylation is 2. The summed E-state index contributed by atoms with van der Waals surface area (Å²) in [5, 5.41) is 9.31. The molecule has 0 aliphatic heterocycles. The maximum atomic E-state index is 9.31. The first-order chi connectivity index (χ1) is 9.13. The van der Waals surface area contributed by atoms with Crippen molar-refractivity contribution in [2.75, 3.05) is 45.4 Å². The van der Waals surface area contributed by atoms with E-state index in [4.69, 9.17) is 9.47 Å². The van der Waals surface area contributed by atoms with Gasteiger partial charge in [0.1, 0.15) is 11.9 Å². The second kappa shape index (κ2) is 7.72. The number of ether oxygens (including phenoxy) is 2. The summed E-state index contributed by atoms with van der Waals surface area (Å²) in [6.07, 6.45) is 0. The quantitative estimate of drug-likeness (QED) is 0.749. The fraction of sp³-hybridized carbons (Fsp3) is 0.571. The van der Waals surface area contributed by atoms with Crippen LogP contribution < -0.4 is 4.90 Å². The fourth-order valence-electron chi connectivity index (χ4n) is 1.91. The number of hydrogen-bond donors (Lipinski definition) is 0. The van der Waals surface area contributed by atoms with E-state index in [1.54, 1.807) is 14.2 Å². The highest BCUT2D eigenvalue weighted by atomic mass is 16.5. The maximum Gasteiger partial charge on any atom is 0.147 e. The summed E-state index contributed by atoms with van der Waals surface area (Å²) >= 11 is 0. The average Bonchev–Trinajstić information content (AvgIpc) is 2.38. The Morgan fingerprint density at radius 3 is 2.26 bits per heavy atom. The highest BCUT2D eigenvalue weighted by Gasteiger charge is 2.15. The van der Waals surface area contributed by atoms with Crippen molar-refractivity contribution >= 4 is 5.82 Å². The smallest absolute Gasteiger partial charge is 0.147 e. The van der Waals surface area contributed by atoms with Gasteiger partial charge < -0.3 is 14.4 Å². The van der Waals surface area contributed by atoms with Gasteiger partial charge in [-0.15, -0.1) is 0 Å². The third-order valence-electron chi connectivity index (χ3n) is 2.87. The molecule has 5 heteroatoms.